The first-order chi connectivity index (χ1) is 10.3. The van der Waals surface area contributed by atoms with Crippen molar-refractivity contribution in [3.63, 3.8) is 0 Å². The molecule has 6 heteroatoms. The molecule has 6 nitrogen and oxygen atoms in total. The van der Waals surface area contributed by atoms with Crippen molar-refractivity contribution in [2.75, 3.05) is 18.0 Å². The van der Waals surface area contributed by atoms with Gasteiger partial charge in [-0.1, -0.05) is 5.10 Å². The molecule has 3 rings (SSSR count). The summed E-state index contributed by atoms with van der Waals surface area (Å²) in [5.41, 5.74) is -0.405. The van der Waals surface area contributed by atoms with Gasteiger partial charge in [0.2, 0.25) is 5.89 Å². The third kappa shape index (κ3) is 3.25. The lowest BCUT2D eigenvalue weighted by Crippen LogP contribution is -2.43. The Hall–Kier alpha value is -1.59. The summed E-state index contributed by atoms with van der Waals surface area (Å²) in [6.45, 7) is 9.34. The summed E-state index contributed by atoms with van der Waals surface area (Å²) in [5.74, 6) is 1.97. The highest BCUT2D eigenvalue weighted by Gasteiger charge is 2.44. The number of carbonyl (C=O) groups excluding carboxylic acids is 1. The molecule has 2 fully saturated rings. The highest BCUT2D eigenvalue weighted by Crippen LogP contribution is 2.44. The third-order valence-corrected chi connectivity index (χ3v) is 4.64. The number of ether oxygens (including phenoxy) is 1. The summed E-state index contributed by atoms with van der Waals surface area (Å²) in [5, 5.41) is 8.03. The van der Waals surface area contributed by atoms with Crippen LogP contribution in [0.15, 0.2) is 4.42 Å². The molecule has 1 aromatic rings. The average molecular weight is 307 g/mol. The first kappa shape index (κ1) is 15.3. The van der Waals surface area contributed by atoms with Crippen LogP contribution in [0.5, 0.6) is 0 Å². The van der Waals surface area contributed by atoms with Gasteiger partial charge in [-0.3, -0.25) is 4.79 Å². The minimum Gasteiger partial charge on any atom is -0.460 e. The zero-order valence-electron chi connectivity index (χ0n) is 13.8. The van der Waals surface area contributed by atoms with E-state index < -0.39 is 5.60 Å². The van der Waals surface area contributed by atoms with Gasteiger partial charge in [-0.05, 0) is 51.4 Å². The number of esters is 1. The molecule has 1 aliphatic heterocycles. The van der Waals surface area contributed by atoms with Crippen LogP contribution in [-0.2, 0) is 9.53 Å². The number of hydrogen-bond acceptors (Lipinski definition) is 6. The van der Waals surface area contributed by atoms with Crippen LogP contribution in [0.3, 0.4) is 0 Å². The van der Waals surface area contributed by atoms with E-state index in [-0.39, 0.29) is 5.97 Å². The van der Waals surface area contributed by atoms with Gasteiger partial charge >= 0.3 is 12.0 Å². The van der Waals surface area contributed by atoms with Crippen LogP contribution in [0, 0.1) is 24.7 Å². The molecule has 0 aromatic carbocycles. The van der Waals surface area contributed by atoms with Crippen molar-refractivity contribution in [2.45, 2.75) is 52.6 Å². The summed E-state index contributed by atoms with van der Waals surface area (Å²) in [6.07, 6.45) is 2.87. The Labute approximate surface area is 131 Å². The normalized spacial score (nSPS) is 28.0. The first-order valence-electron chi connectivity index (χ1n) is 8.09. The van der Waals surface area contributed by atoms with Crippen LogP contribution in [-0.4, -0.2) is 34.9 Å². The van der Waals surface area contributed by atoms with Crippen molar-refractivity contribution in [1.82, 2.24) is 10.2 Å². The van der Waals surface area contributed by atoms with E-state index in [4.69, 9.17) is 9.15 Å². The van der Waals surface area contributed by atoms with Crippen LogP contribution in [0.2, 0.25) is 0 Å². The van der Waals surface area contributed by atoms with E-state index in [9.17, 15) is 4.79 Å². The van der Waals surface area contributed by atoms with Crippen LogP contribution in [0.1, 0.15) is 45.9 Å². The number of anilines is 1. The Morgan fingerprint density at radius 3 is 2.41 bits per heavy atom. The number of piperidine rings is 1. The predicted octanol–water partition coefficient (Wildman–Crippen LogP) is 2.57. The molecule has 1 saturated heterocycles. The Morgan fingerprint density at radius 1 is 1.27 bits per heavy atom. The fourth-order valence-corrected chi connectivity index (χ4v) is 3.81. The van der Waals surface area contributed by atoms with Gasteiger partial charge in [-0.15, -0.1) is 5.10 Å². The van der Waals surface area contributed by atoms with Crippen molar-refractivity contribution in [3.05, 3.63) is 5.89 Å². The number of aryl methyl sites for hydroxylation is 1. The van der Waals surface area contributed by atoms with E-state index in [1.165, 1.54) is 12.8 Å². The van der Waals surface area contributed by atoms with Gasteiger partial charge in [0.05, 0.1) is 0 Å². The maximum Gasteiger partial charge on any atom is 0.318 e. The van der Waals surface area contributed by atoms with E-state index in [2.05, 4.69) is 15.1 Å². The highest BCUT2D eigenvalue weighted by molar-refractivity contribution is 5.70. The lowest BCUT2D eigenvalue weighted by Gasteiger charge is -2.37. The second kappa shape index (κ2) is 5.56. The molecule has 1 unspecified atom stereocenters. The summed E-state index contributed by atoms with van der Waals surface area (Å²) in [6, 6.07) is 0.616. The van der Waals surface area contributed by atoms with E-state index >= 15 is 0 Å². The number of aromatic nitrogens is 2. The monoisotopic (exact) mass is 307 g/mol. The van der Waals surface area contributed by atoms with Crippen molar-refractivity contribution in [1.29, 1.82) is 0 Å². The Bertz CT molecular complexity index is 535. The Morgan fingerprint density at radius 2 is 1.91 bits per heavy atom. The molecule has 0 N–H and O–H groups in total. The molecule has 22 heavy (non-hydrogen) atoms. The van der Waals surface area contributed by atoms with Gasteiger partial charge in [0.1, 0.15) is 5.60 Å². The molecule has 1 saturated carbocycles. The van der Waals surface area contributed by atoms with E-state index in [0.717, 1.165) is 13.1 Å². The largest absolute Gasteiger partial charge is 0.460 e. The van der Waals surface area contributed by atoms with Gasteiger partial charge in [0, 0.05) is 26.4 Å². The SMILES string of the molecule is Cc1nnc(N2C[C@H]3CC[C@@H](C2)C3CC(=O)OC(C)(C)C)o1. The minimum absolute atomic E-state index is 0.0727. The number of carbonyl (C=O) groups is 1. The quantitative estimate of drug-likeness (QED) is 0.799. The van der Waals surface area contributed by atoms with Crippen molar-refractivity contribution in [2.24, 2.45) is 17.8 Å². The van der Waals surface area contributed by atoms with Gasteiger partial charge in [0.15, 0.2) is 0 Å². The predicted molar refractivity (Wildman–Crippen MR) is 81.4 cm³/mol. The molecule has 0 spiro atoms. The summed E-state index contributed by atoms with van der Waals surface area (Å²) in [4.78, 5) is 14.3. The van der Waals surface area contributed by atoms with Crippen molar-refractivity contribution in [3.8, 4) is 0 Å². The summed E-state index contributed by atoms with van der Waals surface area (Å²) < 4.78 is 11.0. The smallest absolute Gasteiger partial charge is 0.318 e. The van der Waals surface area contributed by atoms with Gasteiger partial charge in [-0.25, -0.2) is 0 Å². The molecule has 2 aliphatic rings. The molecule has 0 radical (unpaired) electrons. The van der Waals surface area contributed by atoms with Gasteiger partial charge < -0.3 is 14.1 Å². The molecule has 0 amide bonds. The minimum atomic E-state index is -0.405. The highest BCUT2D eigenvalue weighted by atomic mass is 16.6. The lowest BCUT2D eigenvalue weighted by molar-refractivity contribution is -0.156. The number of fused-ring (bicyclic) bond motifs is 2. The second-order valence-electron chi connectivity index (χ2n) is 7.56. The average Bonchev–Trinajstić information content (AvgIpc) is 2.89. The molecule has 3 atom stereocenters. The van der Waals surface area contributed by atoms with Gasteiger partial charge in [0.25, 0.3) is 0 Å². The van der Waals surface area contributed by atoms with Crippen LogP contribution < -0.4 is 4.90 Å². The number of rotatable bonds is 3. The van der Waals surface area contributed by atoms with Crippen molar-refractivity contribution < 1.29 is 13.9 Å². The topological polar surface area (TPSA) is 68.5 Å². The molecular weight excluding hydrogens is 282 g/mol. The maximum absolute atomic E-state index is 12.1. The fourth-order valence-electron chi connectivity index (χ4n) is 3.81. The standard InChI is InChI=1S/C16H25N3O3/c1-10-17-18-15(21-10)19-8-11-5-6-12(9-19)13(11)7-14(20)22-16(2,3)4/h11-13H,5-9H2,1-4H3/t11-,12+,13?. The molecule has 1 aromatic heterocycles. The van der Waals surface area contributed by atoms with Crippen LogP contribution in [0.25, 0.3) is 0 Å². The van der Waals surface area contributed by atoms with Crippen molar-refractivity contribution >= 4 is 12.0 Å². The summed E-state index contributed by atoms with van der Waals surface area (Å²) >= 11 is 0. The van der Waals surface area contributed by atoms with E-state index in [1.807, 2.05) is 20.8 Å². The molecule has 2 bridgehead atoms. The molecule has 122 valence electrons. The zero-order chi connectivity index (χ0) is 15.9. The first-order valence-corrected chi connectivity index (χ1v) is 8.09. The summed E-state index contributed by atoms with van der Waals surface area (Å²) in [7, 11) is 0. The molecule has 1 aliphatic carbocycles. The van der Waals surface area contributed by atoms with Gasteiger partial charge in [-0.2, -0.15) is 0 Å². The zero-order valence-corrected chi connectivity index (χ0v) is 13.8. The lowest BCUT2D eigenvalue weighted by atomic mass is 9.83. The number of hydrogen-bond donors (Lipinski definition) is 0. The van der Waals surface area contributed by atoms with E-state index in [0.29, 0.717) is 36.1 Å². The Balaban J connectivity index is 1.62. The van der Waals surface area contributed by atoms with E-state index in [1.54, 1.807) is 6.92 Å². The fraction of sp³-hybridized carbons (Fsp3) is 0.812. The van der Waals surface area contributed by atoms with Crippen LogP contribution in [0.4, 0.5) is 6.01 Å². The second-order valence-corrected chi connectivity index (χ2v) is 7.56. The molecule has 2 heterocycles. The third-order valence-electron chi connectivity index (χ3n) is 4.64. The van der Waals surface area contributed by atoms with Crippen LogP contribution >= 0.6 is 0 Å². The molecular formula is C16H25N3O3. The maximum atomic E-state index is 12.1. The number of nitrogens with zero attached hydrogens (tertiary/aromatic N) is 3. The Kier molecular flexibility index (Phi) is 3.87.